The third-order valence-electron chi connectivity index (χ3n) is 3.00. The Balaban J connectivity index is 1.63. The summed E-state index contributed by atoms with van der Waals surface area (Å²) in [6, 6.07) is 4.17. The van der Waals surface area contributed by atoms with E-state index in [-0.39, 0.29) is 0 Å². The first-order chi connectivity index (χ1) is 6.79. The van der Waals surface area contributed by atoms with Crippen LogP contribution in [0.4, 0.5) is 0 Å². The number of rotatable bonds is 5. The van der Waals surface area contributed by atoms with Gasteiger partial charge in [-0.25, -0.2) is 0 Å². The molecule has 0 aliphatic heterocycles. The molecule has 14 heavy (non-hydrogen) atoms. The number of hydrogen-bond donors (Lipinski definition) is 1. The van der Waals surface area contributed by atoms with E-state index in [0.29, 0.717) is 5.41 Å². The van der Waals surface area contributed by atoms with Crippen LogP contribution in [0, 0.1) is 5.41 Å². The van der Waals surface area contributed by atoms with Gasteiger partial charge in [0.2, 0.25) is 0 Å². The molecule has 1 heterocycles. The Labute approximate surface area is 85.7 Å². The minimum absolute atomic E-state index is 0.623. The fourth-order valence-corrected chi connectivity index (χ4v) is 1.56. The summed E-state index contributed by atoms with van der Waals surface area (Å²) in [6.07, 6.45) is 7.62. The van der Waals surface area contributed by atoms with Crippen LogP contribution >= 0.6 is 0 Å². The lowest BCUT2D eigenvalue weighted by Gasteiger charge is -2.09. The molecule has 76 valence electrons. The van der Waals surface area contributed by atoms with Crippen LogP contribution in [-0.2, 0) is 6.42 Å². The number of pyridine rings is 1. The van der Waals surface area contributed by atoms with E-state index in [0.717, 1.165) is 13.0 Å². The first-order valence-electron chi connectivity index (χ1n) is 5.38. The van der Waals surface area contributed by atoms with Crippen molar-refractivity contribution in [2.75, 3.05) is 13.1 Å². The third-order valence-corrected chi connectivity index (χ3v) is 3.00. The van der Waals surface area contributed by atoms with E-state index < -0.39 is 0 Å². The molecule has 1 fully saturated rings. The number of nitrogens with zero attached hydrogens (tertiary/aromatic N) is 1. The molecule has 2 heteroatoms. The van der Waals surface area contributed by atoms with Crippen LogP contribution < -0.4 is 5.32 Å². The summed E-state index contributed by atoms with van der Waals surface area (Å²) in [6.45, 7) is 4.62. The first-order valence-corrected chi connectivity index (χ1v) is 5.38. The Hall–Kier alpha value is -0.890. The second-order valence-corrected chi connectivity index (χ2v) is 4.59. The zero-order chi connectivity index (χ0) is 9.86. The summed E-state index contributed by atoms with van der Waals surface area (Å²) in [5.41, 5.74) is 1.99. The molecule has 0 bridgehead atoms. The zero-order valence-electron chi connectivity index (χ0n) is 8.79. The van der Waals surface area contributed by atoms with Crippen molar-refractivity contribution < 1.29 is 0 Å². The molecular formula is C12H18N2. The number of aromatic nitrogens is 1. The maximum absolute atomic E-state index is 4.00. The van der Waals surface area contributed by atoms with Gasteiger partial charge in [-0.05, 0) is 48.9 Å². The van der Waals surface area contributed by atoms with Gasteiger partial charge in [-0.2, -0.15) is 0 Å². The summed E-state index contributed by atoms with van der Waals surface area (Å²) in [5.74, 6) is 0. The van der Waals surface area contributed by atoms with E-state index in [1.54, 1.807) is 0 Å². The largest absolute Gasteiger partial charge is 0.316 e. The minimum Gasteiger partial charge on any atom is -0.316 e. The van der Waals surface area contributed by atoms with E-state index >= 15 is 0 Å². The van der Waals surface area contributed by atoms with Crippen molar-refractivity contribution in [1.29, 1.82) is 0 Å². The van der Waals surface area contributed by atoms with Crippen molar-refractivity contribution in [3.8, 4) is 0 Å². The van der Waals surface area contributed by atoms with Gasteiger partial charge in [-0.3, -0.25) is 4.98 Å². The van der Waals surface area contributed by atoms with E-state index in [9.17, 15) is 0 Å². The number of nitrogens with one attached hydrogen (secondary N) is 1. The Bertz CT molecular complexity index is 278. The van der Waals surface area contributed by atoms with E-state index in [4.69, 9.17) is 0 Å². The summed E-state index contributed by atoms with van der Waals surface area (Å²) < 4.78 is 0. The van der Waals surface area contributed by atoms with Gasteiger partial charge < -0.3 is 5.32 Å². The Morgan fingerprint density at radius 1 is 1.36 bits per heavy atom. The third kappa shape index (κ3) is 2.81. The highest BCUT2D eigenvalue weighted by atomic mass is 14.9. The quantitative estimate of drug-likeness (QED) is 0.718. The lowest BCUT2D eigenvalue weighted by Crippen LogP contribution is -2.24. The van der Waals surface area contributed by atoms with Crippen molar-refractivity contribution in [3.63, 3.8) is 0 Å². The van der Waals surface area contributed by atoms with Crippen molar-refractivity contribution in [2.24, 2.45) is 5.41 Å². The molecule has 1 aromatic rings. The highest BCUT2D eigenvalue weighted by molar-refractivity contribution is 5.09. The molecule has 0 spiro atoms. The Morgan fingerprint density at radius 3 is 2.71 bits per heavy atom. The highest BCUT2D eigenvalue weighted by Gasteiger charge is 2.36. The van der Waals surface area contributed by atoms with Crippen molar-refractivity contribution in [2.45, 2.75) is 26.2 Å². The number of hydrogen-bond acceptors (Lipinski definition) is 2. The van der Waals surface area contributed by atoms with Crippen LogP contribution in [0.25, 0.3) is 0 Å². The van der Waals surface area contributed by atoms with Crippen molar-refractivity contribution in [3.05, 3.63) is 30.1 Å². The second-order valence-electron chi connectivity index (χ2n) is 4.59. The SMILES string of the molecule is CC1(CNCCc2ccncc2)CC1. The predicted octanol–water partition coefficient (Wildman–Crippen LogP) is 2.01. The lowest BCUT2D eigenvalue weighted by molar-refractivity contribution is 0.502. The molecular weight excluding hydrogens is 172 g/mol. The van der Waals surface area contributed by atoms with Gasteiger partial charge >= 0.3 is 0 Å². The molecule has 1 aromatic heterocycles. The zero-order valence-corrected chi connectivity index (χ0v) is 8.79. The average Bonchev–Trinajstić information content (AvgIpc) is 2.94. The minimum atomic E-state index is 0.623. The molecule has 2 rings (SSSR count). The molecule has 0 unspecified atom stereocenters. The van der Waals surface area contributed by atoms with E-state index in [1.807, 2.05) is 12.4 Å². The smallest absolute Gasteiger partial charge is 0.0270 e. The summed E-state index contributed by atoms with van der Waals surface area (Å²) in [4.78, 5) is 4.00. The molecule has 0 radical (unpaired) electrons. The van der Waals surface area contributed by atoms with Gasteiger partial charge in [0.25, 0.3) is 0 Å². The maximum Gasteiger partial charge on any atom is 0.0270 e. The van der Waals surface area contributed by atoms with Crippen LogP contribution in [0.15, 0.2) is 24.5 Å². The molecule has 0 atom stereocenters. The standard InChI is InChI=1S/C12H18N2/c1-12(5-6-12)10-14-9-4-11-2-7-13-8-3-11/h2-3,7-8,14H,4-6,9-10H2,1H3. The predicted molar refractivity (Wildman–Crippen MR) is 58.2 cm³/mol. The monoisotopic (exact) mass is 190 g/mol. The van der Waals surface area contributed by atoms with Gasteiger partial charge in [-0.1, -0.05) is 6.92 Å². The van der Waals surface area contributed by atoms with Gasteiger partial charge in [0.15, 0.2) is 0 Å². The maximum atomic E-state index is 4.00. The lowest BCUT2D eigenvalue weighted by atomic mass is 10.1. The van der Waals surface area contributed by atoms with Crippen LogP contribution in [0.3, 0.4) is 0 Å². The van der Waals surface area contributed by atoms with Crippen LogP contribution in [0.2, 0.25) is 0 Å². The summed E-state index contributed by atoms with van der Waals surface area (Å²) in [7, 11) is 0. The van der Waals surface area contributed by atoms with Crippen LogP contribution in [-0.4, -0.2) is 18.1 Å². The van der Waals surface area contributed by atoms with Crippen molar-refractivity contribution >= 4 is 0 Å². The first kappa shape index (κ1) is 9.66. The molecule has 0 aromatic carbocycles. The molecule has 1 saturated carbocycles. The molecule has 0 amide bonds. The molecule has 2 nitrogen and oxygen atoms in total. The molecule has 0 saturated heterocycles. The topological polar surface area (TPSA) is 24.9 Å². The Kier molecular flexibility index (Phi) is 2.82. The fraction of sp³-hybridized carbons (Fsp3) is 0.583. The van der Waals surface area contributed by atoms with Gasteiger partial charge in [0.1, 0.15) is 0 Å². The van der Waals surface area contributed by atoms with Crippen LogP contribution in [0.1, 0.15) is 25.3 Å². The summed E-state index contributed by atoms with van der Waals surface area (Å²) in [5, 5.41) is 3.52. The molecule has 1 aliphatic carbocycles. The van der Waals surface area contributed by atoms with Gasteiger partial charge in [-0.15, -0.1) is 0 Å². The van der Waals surface area contributed by atoms with Crippen LogP contribution in [0.5, 0.6) is 0 Å². The van der Waals surface area contributed by atoms with Crippen molar-refractivity contribution in [1.82, 2.24) is 10.3 Å². The summed E-state index contributed by atoms with van der Waals surface area (Å²) >= 11 is 0. The normalized spacial score (nSPS) is 18.1. The highest BCUT2D eigenvalue weighted by Crippen LogP contribution is 2.43. The fourth-order valence-electron chi connectivity index (χ4n) is 1.56. The Morgan fingerprint density at radius 2 is 2.07 bits per heavy atom. The van der Waals surface area contributed by atoms with Gasteiger partial charge in [0.05, 0.1) is 0 Å². The van der Waals surface area contributed by atoms with Gasteiger partial charge in [0, 0.05) is 18.9 Å². The van der Waals surface area contributed by atoms with E-state index in [2.05, 4.69) is 29.4 Å². The molecule has 1 N–H and O–H groups in total. The van der Waals surface area contributed by atoms with E-state index in [1.165, 1.54) is 24.9 Å². The molecule has 1 aliphatic rings. The average molecular weight is 190 g/mol. The second kappa shape index (κ2) is 4.09.